The third-order valence-corrected chi connectivity index (χ3v) is 4.85. The van der Waals surface area contributed by atoms with Crippen molar-refractivity contribution in [1.82, 2.24) is 9.13 Å². The van der Waals surface area contributed by atoms with Gasteiger partial charge in [-0.1, -0.05) is 6.07 Å². The van der Waals surface area contributed by atoms with Crippen molar-refractivity contribution < 1.29 is 13.5 Å². The van der Waals surface area contributed by atoms with Gasteiger partial charge in [-0.2, -0.15) is 0 Å². The summed E-state index contributed by atoms with van der Waals surface area (Å²) in [6.07, 6.45) is 4.92. The average Bonchev–Trinajstić information content (AvgIpc) is 3.07. The van der Waals surface area contributed by atoms with Crippen LogP contribution in [0.1, 0.15) is 0 Å². The van der Waals surface area contributed by atoms with Gasteiger partial charge in [-0.3, -0.25) is 9.29 Å². The maximum Gasteiger partial charge on any atom is 0.229 e. The summed E-state index contributed by atoms with van der Waals surface area (Å²) in [5.74, 6) is 0.0717. The second-order valence-electron chi connectivity index (χ2n) is 6.17. The molecule has 0 saturated heterocycles. The number of aromatic nitrogens is 2. The van der Waals surface area contributed by atoms with E-state index in [-0.39, 0.29) is 5.88 Å². The molecule has 2 N–H and O–H groups in total. The monoisotopic (exact) mass is 355 g/mol. The standard InChI is InChI=1S/C18H17N3O3S/c1-20-8-7-12-9-15(5-6-17(12)20)21-11-13-3-4-14(19-25(2,23)24)10-16(13)18(21)22/h3-11,19,22H,1-2H3. The van der Waals surface area contributed by atoms with Crippen LogP contribution in [-0.4, -0.2) is 28.9 Å². The molecule has 0 aliphatic carbocycles. The lowest BCUT2D eigenvalue weighted by Gasteiger charge is -2.06. The molecule has 7 heteroatoms. The summed E-state index contributed by atoms with van der Waals surface area (Å²) in [4.78, 5) is 0. The number of fused-ring (bicyclic) bond motifs is 2. The highest BCUT2D eigenvalue weighted by Crippen LogP contribution is 2.33. The molecule has 0 amide bonds. The maximum atomic E-state index is 11.4. The summed E-state index contributed by atoms with van der Waals surface area (Å²) >= 11 is 0. The van der Waals surface area contributed by atoms with Crippen molar-refractivity contribution in [3.63, 3.8) is 0 Å². The highest BCUT2D eigenvalue weighted by Gasteiger charge is 2.12. The Balaban J connectivity index is 1.85. The van der Waals surface area contributed by atoms with Crippen molar-refractivity contribution in [2.45, 2.75) is 0 Å². The molecule has 0 spiro atoms. The molecule has 2 heterocycles. The number of sulfonamides is 1. The summed E-state index contributed by atoms with van der Waals surface area (Å²) in [6, 6.07) is 13.1. The third kappa shape index (κ3) is 2.72. The molecule has 0 radical (unpaired) electrons. The fourth-order valence-electron chi connectivity index (χ4n) is 3.09. The van der Waals surface area contributed by atoms with Gasteiger partial charge in [0.15, 0.2) is 0 Å². The average molecular weight is 355 g/mol. The van der Waals surface area contributed by atoms with Crippen LogP contribution in [0.25, 0.3) is 27.4 Å². The summed E-state index contributed by atoms with van der Waals surface area (Å²) < 4.78 is 28.9. The first-order valence-corrected chi connectivity index (χ1v) is 9.58. The van der Waals surface area contributed by atoms with Crippen molar-refractivity contribution in [2.75, 3.05) is 11.0 Å². The molecule has 25 heavy (non-hydrogen) atoms. The molecule has 0 aliphatic rings. The molecule has 2 aromatic heterocycles. The van der Waals surface area contributed by atoms with Crippen LogP contribution in [-0.2, 0) is 17.1 Å². The van der Waals surface area contributed by atoms with E-state index in [0.29, 0.717) is 11.1 Å². The van der Waals surface area contributed by atoms with E-state index in [4.69, 9.17) is 0 Å². The summed E-state index contributed by atoms with van der Waals surface area (Å²) in [5, 5.41) is 13.1. The Morgan fingerprint density at radius 2 is 1.84 bits per heavy atom. The minimum Gasteiger partial charge on any atom is -0.494 e. The van der Waals surface area contributed by atoms with E-state index in [1.807, 2.05) is 48.3 Å². The Labute approximate surface area is 145 Å². The lowest BCUT2D eigenvalue weighted by Crippen LogP contribution is -2.09. The van der Waals surface area contributed by atoms with Crippen LogP contribution in [0, 0.1) is 0 Å². The Bertz CT molecular complexity index is 1220. The Hall–Kier alpha value is -2.93. The van der Waals surface area contributed by atoms with Crippen LogP contribution in [0.15, 0.2) is 54.9 Å². The van der Waals surface area contributed by atoms with Gasteiger partial charge in [-0.05, 0) is 36.4 Å². The van der Waals surface area contributed by atoms with E-state index < -0.39 is 10.0 Å². The topological polar surface area (TPSA) is 76.3 Å². The molecule has 0 unspecified atom stereocenters. The molecule has 0 atom stereocenters. The van der Waals surface area contributed by atoms with Crippen molar-refractivity contribution in [3.05, 3.63) is 54.9 Å². The summed E-state index contributed by atoms with van der Waals surface area (Å²) in [5.41, 5.74) is 2.37. The van der Waals surface area contributed by atoms with Crippen LogP contribution in [0.3, 0.4) is 0 Å². The second-order valence-corrected chi connectivity index (χ2v) is 7.92. The zero-order chi connectivity index (χ0) is 17.8. The zero-order valence-electron chi connectivity index (χ0n) is 13.8. The van der Waals surface area contributed by atoms with Gasteiger partial charge < -0.3 is 9.67 Å². The van der Waals surface area contributed by atoms with Crippen LogP contribution in [0.5, 0.6) is 5.88 Å². The molecule has 4 rings (SSSR count). The van der Waals surface area contributed by atoms with E-state index in [2.05, 4.69) is 4.72 Å². The summed E-state index contributed by atoms with van der Waals surface area (Å²) in [7, 11) is -1.38. The first-order valence-electron chi connectivity index (χ1n) is 7.69. The van der Waals surface area contributed by atoms with Crippen LogP contribution >= 0.6 is 0 Å². The smallest absolute Gasteiger partial charge is 0.229 e. The Morgan fingerprint density at radius 3 is 2.60 bits per heavy atom. The van der Waals surface area contributed by atoms with Gasteiger partial charge >= 0.3 is 0 Å². The van der Waals surface area contributed by atoms with E-state index in [9.17, 15) is 13.5 Å². The van der Waals surface area contributed by atoms with Crippen LogP contribution in [0.4, 0.5) is 5.69 Å². The molecule has 0 aliphatic heterocycles. The SMILES string of the molecule is Cn1ccc2cc(-n3cc4ccc(NS(C)(=O)=O)cc4c3O)ccc21. The quantitative estimate of drug-likeness (QED) is 0.592. The lowest BCUT2D eigenvalue weighted by molar-refractivity contribution is 0.448. The van der Waals surface area contributed by atoms with E-state index in [1.165, 1.54) is 0 Å². The van der Waals surface area contributed by atoms with Gasteiger partial charge in [0.05, 0.1) is 6.26 Å². The molecule has 0 bridgehead atoms. The number of anilines is 1. The van der Waals surface area contributed by atoms with Gasteiger partial charge in [-0.15, -0.1) is 0 Å². The van der Waals surface area contributed by atoms with E-state index in [1.54, 1.807) is 22.8 Å². The fraction of sp³-hybridized carbons (Fsp3) is 0.111. The van der Waals surface area contributed by atoms with Crippen LogP contribution < -0.4 is 4.72 Å². The third-order valence-electron chi connectivity index (χ3n) is 4.24. The molecular formula is C18H17N3O3S. The van der Waals surface area contributed by atoms with Crippen molar-refractivity contribution in [3.8, 4) is 11.6 Å². The Kier molecular flexibility index (Phi) is 3.30. The number of nitrogens with one attached hydrogen (secondary N) is 1. The number of aromatic hydroxyl groups is 1. The molecule has 4 aromatic rings. The molecule has 6 nitrogen and oxygen atoms in total. The minimum atomic E-state index is -3.37. The van der Waals surface area contributed by atoms with E-state index in [0.717, 1.165) is 28.2 Å². The largest absolute Gasteiger partial charge is 0.494 e. The second kappa shape index (κ2) is 5.29. The Morgan fingerprint density at radius 1 is 1.04 bits per heavy atom. The molecule has 2 aromatic carbocycles. The van der Waals surface area contributed by atoms with Crippen LogP contribution in [0.2, 0.25) is 0 Å². The lowest BCUT2D eigenvalue weighted by atomic mass is 10.2. The minimum absolute atomic E-state index is 0.0717. The predicted molar refractivity (Wildman–Crippen MR) is 99.9 cm³/mol. The van der Waals surface area contributed by atoms with E-state index >= 15 is 0 Å². The molecule has 0 saturated carbocycles. The number of rotatable bonds is 3. The number of hydrogen-bond acceptors (Lipinski definition) is 3. The highest BCUT2D eigenvalue weighted by molar-refractivity contribution is 7.92. The number of nitrogens with zero attached hydrogens (tertiary/aromatic N) is 2. The van der Waals surface area contributed by atoms with Crippen molar-refractivity contribution in [2.24, 2.45) is 7.05 Å². The first-order chi connectivity index (χ1) is 11.8. The first kappa shape index (κ1) is 15.6. The van der Waals surface area contributed by atoms with Gasteiger partial charge in [0.1, 0.15) is 0 Å². The van der Waals surface area contributed by atoms with Gasteiger partial charge in [0.25, 0.3) is 0 Å². The maximum absolute atomic E-state index is 11.4. The fourth-order valence-corrected chi connectivity index (χ4v) is 3.64. The molecule has 0 fully saturated rings. The highest BCUT2D eigenvalue weighted by atomic mass is 32.2. The normalized spacial score (nSPS) is 12.1. The van der Waals surface area contributed by atoms with Gasteiger partial charge in [-0.25, -0.2) is 8.42 Å². The van der Waals surface area contributed by atoms with Crippen molar-refractivity contribution in [1.29, 1.82) is 0 Å². The number of benzene rings is 2. The summed E-state index contributed by atoms with van der Waals surface area (Å²) in [6.45, 7) is 0. The zero-order valence-corrected chi connectivity index (χ0v) is 14.6. The number of hydrogen-bond donors (Lipinski definition) is 2. The predicted octanol–water partition coefficient (Wildman–Crippen LogP) is 3.20. The molecular weight excluding hydrogens is 338 g/mol. The molecule has 128 valence electrons. The number of aryl methyl sites for hydroxylation is 1. The van der Waals surface area contributed by atoms with Gasteiger partial charge in [0, 0.05) is 52.5 Å². The van der Waals surface area contributed by atoms with Crippen molar-refractivity contribution >= 4 is 37.4 Å². The van der Waals surface area contributed by atoms with Gasteiger partial charge in [0.2, 0.25) is 15.9 Å².